The molecule has 1 saturated heterocycles. The van der Waals surface area contributed by atoms with Crippen LogP contribution >= 0.6 is 0 Å². The highest BCUT2D eigenvalue weighted by Crippen LogP contribution is 2.26. The van der Waals surface area contributed by atoms with Crippen molar-refractivity contribution < 1.29 is 0 Å². The lowest BCUT2D eigenvalue weighted by Crippen LogP contribution is -2.46. The first-order valence-corrected chi connectivity index (χ1v) is 8.41. The van der Waals surface area contributed by atoms with Crippen LogP contribution in [0.1, 0.15) is 71.0 Å². The summed E-state index contributed by atoms with van der Waals surface area (Å²) in [5.41, 5.74) is 9.31. The van der Waals surface area contributed by atoms with Gasteiger partial charge in [0.15, 0.2) is 0 Å². The standard InChI is InChI=1S/C19H32N2/c1-14-7-6-8-15(2)21(14)13-18(20)16-9-11-17(12-10-16)19(3,4)5/h9-12,14-15,18H,6-8,13,20H2,1-5H3. The highest BCUT2D eigenvalue weighted by atomic mass is 15.2. The summed E-state index contributed by atoms with van der Waals surface area (Å²) in [5.74, 6) is 0. The molecule has 118 valence electrons. The maximum Gasteiger partial charge on any atom is 0.0424 e. The summed E-state index contributed by atoms with van der Waals surface area (Å²) in [7, 11) is 0. The van der Waals surface area contributed by atoms with Crippen LogP contribution in [0, 0.1) is 0 Å². The summed E-state index contributed by atoms with van der Waals surface area (Å²) in [6.45, 7) is 12.4. The van der Waals surface area contributed by atoms with Gasteiger partial charge in [0, 0.05) is 24.7 Å². The Balaban J connectivity index is 2.04. The number of piperidine rings is 1. The molecule has 0 saturated carbocycles. The Morgan fingerprint density at radius 2 is 1.62 bits per heavy atom. The number of rotatable bonds is 3. The molecular weight excluding hydrogens is 256 g/mol. The third-order valence-electron chi connectivity index (χ3n) is 4.99. The topological polar surface area (TPSA) is 29.3 Å². The van der Waals surface area contributed by atoms with Crippen LogP contribution < -0.4 is 5.73 Å². The van der Waals surface area contributed by atoms with Crippen molar-refractivity contribution in [3.05, 3.63) is 35.4 Å². The minimum atomic E-state index is 0.113. The highest BCUT2D eigenvalue weighted by Gasteiger charge is 2.26. The molecule has 2 nitrogen and oxygen atoms in total. The molecule has 1 aromatic carbocycles. The minimum Gasteiger partial charge on any atom is -0.323 e. The van der Waals surface area contributed by atoms with E-state index in [-0.39, 0.29) is 11.5 Å². The van der Waals surface area contributed by atoms with Gasteiger partial charge in [-0.05, 0) is 43.2 Å². The molecule has 21 heavy (non-hydrogen) atoms. The molecule has 2 heteroatoms. The lowest BCUT2D eigenvalue weighted by molar-refractivity contribution is 0.0961. The fraction of sp³-hybridized carbons (Fsp3) is 0.684. The van der Waals surface area contributed by atoms with Gasteiger partial charge in [-0.2, -0.15) is 0 Å². The predicted octanol–water partition coefficient (Wildman–Crippen LogP) is 4.25. The van der Waals surface area contributed by atoms with Gasteiger partial charge < -0.3 is 5.73 Å². The number of benzene rings is 1. The monoisotopic (exact) mass is 288 g/mol. The number of hydrogen-bond donors (Lipinski definition) is 1. The van der Waals surface area contributed by atoms with E-state index in [2.05, 4.69) is 63.8 Å². The number of nitrogens with two attached hydrogens (primary N) is 1. The number of likely N-dealkylation sites (tertiary alicyclic amines) is 1. The van der Waals surface area contributed by atoms with Crippen molar-refractivity contribution in [1.82, 2.24) is 4.90 Å². The van der Waals surface area contributed by atoms with E-state index in [1.54, 1.807) is 0 Å². The Labute approximate surface area is 130 Å². The van der Waals surface area contributed by atoms with Crippen molar-refractivity contribution in [2.45, 2.75) is 77.4 Å². The summed E-state index contributed by atoms with van der Waals surface area (Å²) in [6.07, 6.45) is 3.97. The second-order valence-electron chi connectivity index (χ2n) is 7.80. The minimum absolute atomic E-state index is 0.113. The Hall–Kier alpha value is -0.860. The van der Waals surface area contributed by atoms with Crippen LogP contribution in [0.2, 0.25) is 0 Å². The van der Waals surface area contributed by atoms with E-state index in [1.165, 1.54) is 30.4 Å². The molecule has 1 aromatic rings. The third-order valence-corrected chi connectivity index (χ3v) is 4.99. The van der Waals surface area contributed by atoms with Gasteiger partial charge in [-0.25, -0.2) is 0 Å². The Morgan fingerprint density at radius 3 is 2.10 bits per heavy atom. The molecule has 0 amide bonds. The van der Waals surface area contributed by atoms with Crippen LogP contribution in [-0.2, 0) is 5.41 Å². The van der Waals surface area contributed by atoms with Gasteiger partial charge in [-0.1, -0.05) is 51.5 Å². The summed E-state index contributed by atoms with van der Waals surface area (Å²) in [5, 5.41) is 0. The van der Waals surface area contributed by atoms with E-state index in [0.29, 0.717) is 12.1 Å². The molecule has 2 rings (SSSR count). The Kier molecular flexibility index (Phi) is 5.11. The molecule has 2 N–H and O–H groups in total. The van der Waals surface area contributed by atoms with Crippen LogP contribution in [0.3, 0.4) is 0 Å². The van der Waals surface area contributed by atoms with Crippen LogP contribution in [0.4, 0.5) is 0 Å². The zero-order valence-corrected chi connectivity index (χ0v) is 14.4. The van der Waals surface area contributed by atoms with E-state index in [1.807, 2.05) is 0 Å². The quantitative estimate of drug-likeness (QED) is 0.901. The summed E-state index contributed by atoms with van der Waals surface area (Å²) in [6, 6.07) is 10.3. The lowest BCUT2D eigenvalue weighted by atomic mass is 9.86. The SMILES string of the molecule is CC1CCCC(C)N1CC(N)c1ccc(C(C)(C)C)cc1. The van der Waals surface area contributed by atoms with Crippen molar-refractivity contribution in [3.63, 3.8) is 0 Å². The van der Waals surface area contributed by atoms with Gasteiger partial charge in [-0.15, -0.1) is 0 Å². The first-order valence-electron chi connectivity index (χ1n) is 8.41. The zero-order valence-electron chi connectivity index (χ0n) is 14.4. The second kappa shape index (κ2) is 6.50. The fourth-order valence-corrected chi connectivity index (χ4v) is 3.40. The predicted molar refractivity (Wildman–Crippen MR) is 91.6 cm³/mol. The molecule has 1 aliphatic heterocycles. The molecule has 0 spiro atoms. The van der Waals surface area contributed by atoms with Crippen molar-refractivity contribution in [2.24, 2.45) is 5.73 Å². The summed E-state index contributed by atoms with van der Waals surface area (Å²) >= 11 is 0. The molecule has 0 aliphatic carbocycles. The van der Waals surface area contributed by atoms with Gasteiger partial charge in [-0.3, -0.25) is 4.90 Å². The molecule has 0 bridgehead atoms. The number of hydrogen-bond acceptors (Lipinski definition) is 2. The maximum atomic E-state index is 6.47. The van der Waals surface area contributed by atoms with E-state index >= 15 is 0 Å². The Bertz CT molecular complexity index is 434. The van der Waals surface area contributed by atoms with E-state index in [0.717, 1.165) is 6.54 Å². The molecule has 0 aromatic heterocycles. The average Bonchev–Trinajstić information content (AvgIpc) is 2.42. The fourth-order valence-electron chi connectivity index (χ4n) is 3.40. The van der Waals surface area contributed by atoms with Crippen LogP contribution in [-0.4, -0.2) is 23.5 Å². The molecule has 0 radical (unpaired) electrons. The largest absolute Gasteiger partial charge is 0.323 e. The lowest BCUT2D eigenvalue weighted by Gasteiger charge is -2.40. The average molecular weight is 288 g/mol. The third kappa shape index (κ3) is 4.08. The summed E-state index contributed by atoms with van der Waals surface area (Å²) < 4.78 is 0. The zero-order chi connectivity index (χ0) is 15.6. The summed E-state index contributed by atoms with van der Waals surface area (Å²) in [4.78, 5) is 2.59. The smallest absolute Gasteiger partial charge is 0.0424 e. The first kappa shape index (κ1) is 16.5. The Morgan fingerprint density at radius 1 is 1.10 bits per heavy atom. The van der Waals surface area contributed by atoms with Crippen LogP contribution in [0.25, 0.3) is 0 Å². The number of nitrogens with zero attached hydrogens (tertiary/aromatic N) is 1. The van der Waals surface area contributed by atoms with Crippen molar-refractivity contribution in [2.75, 3.05) is 6.54 Å². The molecule has 1 fully saturated rings. The van der Waals surface area contributed by atoms with Gasteiger partial charge in [0.05, 0.1) is 0 Å². The highest BCUT2D eigenvalue weighted by molar-refractivity contribution is 5.29. The van der Waals surface area contributed by atoms with Gasteiger partial charge in [0.25, 0.3) is 0 Å². The molecule has 1 aliphatic rings. The van der Waals surface area contributed by atoms with Crippen molar-refractivity contribution in [1.29, 1.82) is 0 Å². The molecular formula is C19H32N2. The van der Waals surface area contributed by atoms with Crippen LogP contribution in [0.15, 0.2) is 24.3 Å². The van der Waals surface area contributed by atoms with Gasteiger partial charge in [0.2, 0.25) is 0 Å². The molecule has 3 atom stereocenters. The molecule has 3 unspecified atom stereocenters. The first-order chi connectivity index (χ1) is 9.79. The molecule has 1 heterocycles. The van der Waals surface area contributed by atoms with Gasteiger partial charge >= 0.3 is 0 Å². The van der Waals surface area contributed by atoms with E-state index in [9.17, 15) is 0 Å². The normalized spacial score (nSPS) is 25.8. The van der Waals surface area contributed by atoms with Crippen molar-refractivity contribution >= 4 is 0 Å². The van der Waals surface area contributed by atoms with E-state index < -0.39 is 0 Å². The van der Waals surface area contributed by atoms with Gasteiger partial charge in [0.1, 0.15) is 0 Å². The van der Waals surface area contributed by atoms with E-state index in [4.69, 9.17) is 5.73 Å². The van der Waals surface area contributed by atoms with Crippen molar-refractivity contribution in [3.8, 4) is 0 Å². The second-order valence-corrected chi connectivity index (χ2v) is 7.80. The maximum absolute atomic E-state index is 6.47. The van der Waals surface area contributed by atoms with Crippen LogP contribution in [0.5, 0.6) is 0 Å².